The zero-order chi connectivity index (χ0) is 19.1. The topological polar surface area (TPSA) is 64.7 Å². The van der Waals surface area contributed by atoms with Gasteiger partial charge in [0.05, 0.1) is 6.54 Å². The summed E-state index contributed by atoms with van der Waals surface area (Å²) < 4.78 is 0. The minimum absolute atomic E-state index is 0.138. The van der Waals surface area contributed by atoms with Crippen molar-refractivity contribution in [1.82, 2.24) is 15.5 Å². The lowest BCUT2D eigenvalue weighted by Crippen LogP contribution is -2.50. The monoisotopic (exact) mass is 366 g/mol. The van der Waals surface area contributed by atoms with Gasteiger partial charge in [0, 0.05) is 38.9 Å². The molecule has 0 aliphatic carbocycles. The Bertz CT molecular complexity index is 743. The van der Waals surface area contributed by atoms with E-state index in [1.807, 2.05) is 48.5 Å². The average molecular weight is 366 g/mol. The maximum atomic E-state index is 12.5. The summed E-state index contributed by atoms with van der Waals surface area (Å²) >= 11 is 0. The van der Waals surface area contributed by atoms with Crippen LogP contribution in [0.15, 0.2) is 60.7 Å². The van der Waals surface area contributed by atoms with Crippen LogP contribution in [0.4, 0.5) is 5.69 Å². The Morgan fingerprint density at radius 1 is 0.926 bits per heavy atom. The minimum atomic E-state index is -0.672. The zero-order valence-corrected chi connectivity index (χ0v) is 15.6. The van der Waals surface area contributed by atoms with Crippen LogP contribution in [0.1, 0.15) is 11.6 Å². The Morgan fingerprint density at radius 3 is 2.11 bits per heavy atom. The first kappa shape index (κ1) is 18.9. The lowest BCUT2D eigenvalue weighted by molar-refractivity contribution is -0.129. The van der Waals surface area contributed by atoms with Gasteiger partial charge in [-0.1, -0.05) is 48.5 Å². The molecule has 0 radical (unpaired) electrons. The molecule has 0 bridgehead atoms. The smallest absolute Gasteiger partial charge is 0.246 e. The predicted octanol–water partition coefficient (Wildman–Crippen LogP) is 1.41. The van der Waals surface area contributed by atoms with Crippen molar-refractivity contribution >= 4 is 17.5 Å². The highest BCUT2D eigenvalue weighted by atomic mass is 16.2. The highest BCUT2D eigenvalue weighted by molar-refractivity contribution is 5.89. The summed E-state index contributed by atoms with van der Waals surface area (Å²) in [5, 5.41) is 5.49. The molecule has 2 aromatic carbocycles. The van der Waals surface area contributed by atoms with Crippen molar-refractivity contribution in [3.05, 3.63) is 66.2 Å². The number of carbonyl (C=O) groups excluding carboxylic acids is 2. The van der Waals surface area contributed by atoms with Crippen molar-refractivity contribution in [2.24, 2.45) is 0 Å². The molecule has 2 aromatic rings. The largest absolute Gasteiger partial charge is 0.369 e. The van der Waals surface area contributed by atoms with E-state index in [1.54, 1.807) is 7.05 Å². The van der Waals surface area contributed by atoms with Crippen molar-refractivity contribution in [2.45, 2.75) is 6.04 Å². The second-order valence-electron chi connectivity index (χ2n) is 6.62. The molecule has 3 rings (SSSR count). The summed E-state index contributed by atoms with van der Waals surface area (Å²) in [7, 11) is 1.58. The Balaban J connectivity index is 1.53. The quantitative estimate of drug-likeness (QED) is 0.811. The van der Waals surface area contributed by atoms with Crippen LogP contribution in [-0.4, -0.2) is 56.5 Å². The lowest BCUT2D eigenvalue weighted by Gasteiger charge is -2.35. The number of rotatable bonds is 6. The van der Waals surface area contributed by atoms with Crippen molar-refractivity contribution in [3.8, 4) is 0 Å². The Morgan fingerprint density at radius 2 is 1.52 bits per heavy atom. The van der Waals surface area contributed by atoms with Crippen LogP contribution in [0.3, 0.4) is 0 Å². The number of nitrogens with one attached hydrogen (secondary N) is 2. The van der Waals surface area contributed by atoms with Crippen LogP contribution in [0.5, 0.6) is 0 Å². The third kappa shape index (κ3) is 5.08. The highest BCUT2D eigenvalue weighted by Crippen LogP contribution is 2.16. The van der Waals surface area contributed by atoms with Crippen LogP contribution in [0.25, 0.3) is 0 Å². The third-order valence-electron chi connectivity index (χ3n) is 4.81. The summed E-state index contributed by atoms with van der Waals surface area (Å²) in [6.07, 6.45) is 0. The summed E-state index contributed by atoms with van der Waals surface area (Å²) in [6.45, 7) is 3.70. The maximum absolute atomic E-state index is 12.5. The van der Waals surface area contributed by atoms with Gasteiger partial charge in [0.25, 0.3) is 0 Å². The van der Waals surface area contributed by atoms with E-state index >= 15 is 0 Å². The average Bonchev–Trinajstić information content (AvgIpc) is 2.73. The molecule has 6 heteroatoms. The number of amides is 2. The molecule has 1 aliphatic heterocycles. The summed E-state index contributed by atoms with van der Waals surface area (Å²) in [4.78, 5) is 29.2. The lowest BCUT2D eigenvalue weighted by atomic mass is 10.1. The maximum Gasteiger partial charge on any atom is 0.246 e. The highest BCUT2D eigenvalue weighted by Gasteiger charge is 2.24. The Labute approximate surface area is 160 Å². The number of carbonyl (C=O) groups is 2. The van der Waals surface area contributed by atoms with Crippen molar-refractivity contribution in [2.75, 3.05) is 44.7 Å². The predicted molar refractivity (Wildman–Crippen MR) is 106 cm³/mol. The van der Waals surface area contributed by atoms with Crippen molar-refractivity contribution in [1.29, 1.82) is 0 Å². The molecule has 142 valence electrons. The standard InChI is InChI=1S/C21H26N4O2/c1-22-21(27)20(17-8-4-2-5-9-17)23-19(26)16-24-12-14-25(15-13-24)18-10-6-3-7-11-18/h2-11,20H,12-16H2,1H3,(H,22,27)(H,23,26). The van der Waals surface area contributed by atoms with Crippen LogP contribution in [-0.2, 0) is 9.59 Å². The molecule has 1 atom stereocenters. The summed E-state index contributed by atoms with van der Waals surface area (Å²) in [6, 6.07) is 18.9. The second kappa shape index (κ2) is 9.19. The van der Waals surface area contributed by atoms with Gasteiger partial charge in [-0.05, 0) is 17.7 Å². The van der Waals surface area contributed by atoms with Gasteiger partial charge in [0.2, 0.25) is 11.8 Å². The van der Waals surface area contributed by atoms with Crippen molar-refractivity contribution in [3.63, 3.8) is 0 Å². The van der Waals surface area contributed by atoms with Crippen LogP contribution >= 0.6 is 0 Å². The number of benzene rings is 2. The van der Waals surface area contributed by atoms with E-state index in [1.165, 1.54) is 5.69 Å². The SMILES string of the molecule is CNC(=O)C(NC(=O)CN1CCN(c2ccccc2)CC1)c1ccccc1. The fourth-order valence-electron chi connectivity index (χ4n) is 3.30. The fourth-order valence-corrected chi connectivity index (χ4v) is 3.30. The molecule has 27 heavy (non-hydrogen) atoms. The number of piperazine rings is 1. The van der Waals surface area contributed by atoms with Gasteiger partial charge in [-0.15, -0.1) is 0 Å². The van der Waals surface area contributed by atoms with E-state index in [2.05, 4.69) is 32.6 Å². The van der Waals surface area contributed by atoms with E-state index in [4.69, 9.17) is 0 Å². The molecule has 1 fully saturated rings. The Hall–Kier alpha value is -2.86. The molecule has 1 aliphatic rings. The summed E-state index contributed by atoms with van der Waals surface area (Å²) in [5.41, 5.74) is 1.99. The zero-order valence-electron chi connectivity index (χ0n) is 15.6. The third-order valence-corrected chi connectivity index (χ3v) is 4.81. The van der Waals surface area contributed by atoms with E-state index in [-0.39, 0.29) is 11.8 Å². The minimum Gasteiger partial charge on any atom is -0.369 e. The molecule has 1 heterocycles. The van der Waals surface area contributed by atoms with Gasteiger partial charge in [0.15, 0.2) is 0 Å². The molecule has 0 aromatic heterocycles. The van der Waals surface area contributed by atoms with Crippen LogP contribution in [0, 0.1) is 0 Å². The first-order valence-electron chi connectivity index (χ1n) is 9.25. The molecule has 2 amide bonds. The number of nitrogens with zero attached hydrogens (tertiary/aromatic N) is 2. The molecule has 2 N–H and O–H groups in total. The van der Waals surface area contributed by atoms with Crippen molar-refractivity contribution < 1.29 is 9.59 Å². The van der Waals surface area contributed by atoms with E-state index < -0.39 is 6.04 Å². The van der Waals surface area contributed by atoms with Gasteiger partial charge in [-0.25, -0.2) is 0 Å². The molecular weight excluding hydrogens is 340 g/mol. The normalized spacial score (nSPS) is 15.8. The molecule has 0 spiro atoms. The van der Waals surface area contributed by atoms with E-state index in [0.717, 1.165) is 31.7 Å². The molecule has 1 unspecified atom stereocenters. The number of likely N-dealkylation sites (N-methyl/N-ethyl adjacent to an activating group) is 1. The number of anilines is 1. The molecule has 1 saturated heterocycles. The van der Waals surface area contributed by atoms with Crippen LogP contribution < -0.4 is 15.5 Å². The Kier molecular flexibility index (Phi) is 6.44. The fraction of sp³-hybridized carbons (Fsp3) is 0.333. The molecular formula is C21H26N4O2. The van der Waals surface area contributed by atoms with Gasteiger partial charge < -0.3 is 15.5 Å². The van der Waals surface area contributed by atoms with Crippen LogP contribution in [0.2, 0.25) is 0 Å². The first-order valence-corrected chi connectivity index (χ1v) is 9.25. The van der Waals surface area contributed by atoms with Gasteiger partial charge in [-0.2, -0.15) is 0 Å². The van der Waals surface area contributed by atoms with E-state index in [0.29, 0.717) is 6.54 Å². The van der Waals surface area contributed by atoms with E-state index in [9.17, 15) is 9.59 Å². The molecule has 0 saturated carbocycles. The number of para-hydroxylation sites is 1. The number of hydrogen-bond acceptors (Lipinski definition) is 4. The summed E-state index contributed by atoms with van der Waals surface area (Å²) in [5.74, 6) is -0.357. The van der Waals surface area contributed by atoms with Gasteiger partial charge >= 0.3 is 0 Å². The van der Waals surface area contributed by atoms with Gasteiger partial charge in [-0.3, -0.25) is 14.5 Å². The second-order valence-corrected chi connectivity index (χ2v) is 6.62. The molecule has 6 nitrogen and oxygen atoms in total. The first-order chi connectivity index (χ1) is 13.2. The van der Waals surface area contributed by atoms with Gasteiger partial charge in [0.1, 0.15) is 6.04 Å². The number of hydrogen-bond donors (Lipinski definition) is 2.